The Balaban J connectivity index is 0.000000446. The first-order chi connectivity index (χ1) is 10.7. The molecule has 1 N–H and O–H groups in total. The molecule has 1 aliphatic heterocycles. The number of fused-ring (bicyclic) bond motifs is 5. The van der Waals surface area contributed by atoms with Gasteiger partial charge in [-0.2, -0.15) is 0 Å². The van der Waals surface area contributed by atoms with E-state index in [0.717, 1.165) is 13.0 Å². The number of hydrogen-bond donors (Lipinski definition) is 1. The third-order valence-corrected chi connectivity index (χ3v) is 4.86. The fraction of sp³-hybridized carbons (Fsp3) is 0.263. The average molecular weight is 357 g/mol. The highest BCUT2D eigenvalue weighted by atomic mass is 79.9. The van der Waals surface area contributed by atoms with E-state index in [1.807, 2.05) is 14.1 Å². The minimum absolute atomic E-state index is 1.000. The summed E-state index contributed by atoms with van der Waals surface area (Å²) in [5.74, 6) is 0. The van der Waals surface area contributed by atoms with Crippen LogP contribution >= 0.6 is 15.9 Å². The lowest BCUT2D eigenvalue weighted by molar-refractivity contribution is 0.886. The molecule has 0 amide bonds. The van der Waals surface area contributed by atoms with E-state index in [1.165, 1.54) is 37.8 Å². The highest BCUT2D eigenvalue weighted by Crippen LogP contribution is 2.39. The summed E-state index contributed by atoms with van der Waals surface area (Å²) in [4.78, 5) is 0. The summed E-state index contributed by atoms with van der Waals surface area (Å²) in [6.45, 7) is 3.22. The summed E-state index contributed by atoms with van der Waals surface area (Å²) in [6, 6.07) is 15.5. The molecule has 0 radical (unpaired) electrons. The molecule has 1 aliphatic rings. The molecule has 0 unspecified atom stereocenters. The van der Waals surface area contributed by atoms with Gasteiger partial charge in [-0.25, -0.2) is 0 Å². The molecule has 0 atom stereocenters. The summed E-state index contributed by atoms with van der Waals surface area (Å²) in [5.41, 5.74) is 6.94. The molecular weight excluding hydrogens is 336 g/mol. The lowest BCUT2D eigenvalue weighted by atomic mass is 10.0. The molecule has 1 aromatic heterocycles. The average Bonchev–Trinajstić information content (AvgIpc) is 3.04. The van der Waals surface area contributed by atoms with Crippen molar-refractivity contribution in [1.29, 1.82) is 0 Å². The molecule has 2 aromatic carbocycles. The first-order valence-electron chi connectivity index (χ1n) is 7.68. The molecule has 114 valence electrons. The number of rotatable bonds is 1. The van der Waals surface area contributed by atoms with E-state index in [-0.39, 0.29) is 0 Å². The zero-order chi connectivity index (χ0) is 15.7. The number of nitrogens with one attached hydrogen (secondary N) is 1. The number of hydrogen-bond acceptors (Lipinski definition) is 1. The molecule has 0 bridgehead atoms. The van der Waals surface area contributed by atoms with Gasteiger partial charge in [-0.1, -0.05) is 47.1 Å². The Hall–Kier alpha value is -1.58. The second-order valence-electron chi connectivity index (χ2n) is 5.59. The maximum Gasteiger partial charge on any atom is 0.0498 e. The van der Waals surface area contributed by atoms with Crippen LogP contribution in [0.5, 0.6) is 0 Å². The maximum atomic E-state index is 3.67. The first-order valence-corrected chi connectivity index (χ1v) is 8.48. The van der Waals surface area contributed by atoms with Crippen molar-refractivity contribution in [1.82, 2.24) is 9.88 Å². The van der Waals surface area contributed by atoms with Crippen LogP contribution in [-0.4, -0.2) is 18.7 Å². The van der Waals surface area contributed by atoms with Crippen LogP contribution in [-0.2, 0) is 13.0 Å². The fourth-order valence-electron chi connectivity index (χ4n) is 3.20. The number of aryl methyl sites for hydroxylation is 1. The molecule has 0 spiro atoms. The minimum atomic E-state index is 1.000. The Kier molecular flexibility index (Phi) is 4.37. The molecular formula is C19H21BrN2. The number of nitrogens with zero attached hydrogens (tertiary/aromatic N) is 1. The van der Waals surface area contributed by atoms with Gasteiger partial charge in [0.05, 0.1) is 0 Å². The summed E-state index contributed by atoms with van der Waals surface area (Å²) in [6.07, 6.45) is 1.06. The molecule has 22 heavy (non-hydrogen) atoms. The number of halogens is 1. The van der Waals surface area contributed by atoms with E-state index in [0.29, 0.717) is 0 Å². The van der Waals surface area contributed by atoms with Gasteiger partial charge in [-0.3, -0.25) is 0 Å². The van der Waals surface area contributed by atoms with Crippen LogP contribution in [0.3, 0.4) is 0 Å². The standard InChI is InChI=1S/C17H14BrN.C2H7N/c1-2-12-14-9-17-13-6-4-3-5-11(13)10-19(17)16(14)8-7-15(12)18;1-3-2/h3-9H,2,10H2,1H3;3H,1-2H3. The second-order valence-corrected chi connectivity index (χ2v) is 6.44. The van der Waals surface area contributed by atoms with Crippen molar-refractivity contribution < 1.29 is 0 Å². The molecule has 0 fully saturated rings. The predicted molar refractivity (Wildman–Crippen MR) is 98.5 cm³/mol. The fourth-order valence-corrected chi connectivity index (χ4v) is 3.82. The van der Waals surface area contributed by atoms with Crippen molar-refractivity contribution in [3.8, 4) is 11.3 Å². The Bertz CT molecular complexity index is 818. The van der Waals surface area contributed by atoms with Crippen molar-refractivity contribution in [2.75, 3.05) is 14.1 Å². The molecule has 0 aliphatic carbocycles. The van der Waals surface area contributed by atoms with Gasteiger partial charge in [-0.15, -0.1) is 0 Å². The Morgan fingerprint density at radius 3 is 2.59 bits per heavy atom. The Morgan fingerprint density at radius 2 is 1.86 bits per heavy atom. The normalized spacial score (nSPS) is 11.8. The van der Waals surface area contributed by atoms with Crippen LogP contribution in [0, 0.1) is 0 Å². The Labute approximate surface area is 140 Å². The lowest BCUT2D eigenvalue weighted by Crippen LogP contribution is -1.93. The third kappa shape index (κ3) is 2.38. The highest BCUT2D eigenvalue weighted by Gasteiger charge is 2.21. The number of benzene rings is 2. The SMILES string of the molecule is CCc1c(Br)ccc2c1cc1n2Cc2ccccc2-1.CNC. The van der Waals surface area contributed by atoms with Crippen molar-refractivity contribution in [2.45, 2.75) is 19.9 Å². The van der Waals surface area contributed by atoms with Crippen molar-refractivity contribution in [2.24, 2.45) is 0 Å². The van der Waals surface area contributed by atoms with E-state index in [2.05, 4.69) is 75.2 Å². The zero-order valence-electron chi connectivity index (χ0n) is 13.3. The van der Waals surface area contributed by atoms with Crippen LogP contribution < -0.4 is 5.32 Å². The lowest BCUT2D eigenvalue weighted by Gasteiger charge is -2.06. The molecule has 3 aromatic rings. The van der Waals surface area contributed by atoms with Gasteiger partial charge in [0.1, 0.15) is 0 Å². The molecule has 0 saturated carbocycles. The van der Waals surface area contributed by atoms with Crippen LogP contribution in [0.1, 0.15) is 18.1 Å². The Morgan fingerprint density at radius 1 is 1.14 bits per heavy atom. The third-order valence-electron chi connectivity index (χ3n) is 4.11. The maximum absolute atomic E-state index is 3.67. The van der Waals surface area contributed by atoms with Crippen molar-refractivity contribution in [3.05, 3.63) is 58.1 Å². The van der Waals surface area contributed by atoms with Gasteiger partial charge in [-0.05, 0) is 49.8 Å². The van der Waals surface area contributed by atoms with E-state index in [1.54, 1.807) is 0 Å². The monoisotopic (exact) mass is 356 g/mol. The van der Waals surface area contributed by atoms with E-state index in [9.17, 15) is 0 Å². The van der Waals surface area contributed by atoms with Gasteiger partial charge in [0, 0.05) is 33.2 Å². The smallest absolute Gasteiger partial charge is 0.0498 e. The van der Waals surface area contributed by atoms with Crippen LogP contribution in [0.2, 0.25) is 0 Å². The quantitative estimate of drug-likeness (QED) is 0.516. The molecule has 0 saturated heterocycles. The van der Waals surface area contributed by atoms with Gasteiger partial charge in [0.15, 0.2) is 0 Å². The van der Waals surface area contributed by atoms with E-state index in [4.69, 9.17) is 0 Å². The number of aromatic nitrogens is 1. The van der Waals surface area contributed by atoms with Crippen LogP contribution in [0.25, 0.3) is 22.2 Å². The van der Waals surface area contributed by atoms with Crippen LogP contribution in [0.4, 0.5) is 0 Å². The van der Waals surface area contributed by atoms with Crippen molar-refractivity contribution >= 4 is 26.8 Å². The largest absolute Gasteiger partial charge is 0.336 e. The van der Waals surface area contributed by atoms with Crippen molar-refractivity contribution in [3.63, 3.8) is 0 Å². The minimum Gasteiger partial charge on any atom is -0.336 e. The first kappa shape index (κ1) is 15.3. The molecule has 2 heterocycles. The highest BCUT2D eigenvalue weighted by molar-refractivity contribution is 9.10. The molecule has 3 heteroatoms. The second kappa shape index (κ2) is 6.27. The summed E-state index contributed by atoms with van der Waals surface area (Å²) >= 11 is 3.67. The summed E-state index contributed by atoms with van der Waals surface area (Å²) in [5, 5.41) is 4.14. The van der Waals surface area contributed by atoms with E-state index >= 15 is 0 Å². The molecule has 2 nitrogen and oxygen atoms in total. The van der Waals surface area contributed by atoms with Crippen LogP contribution in [0.15, 0.2) is 46.9 Å². The van der Waals surface area contributed by atoms with Gasteiger partial charge in [0.25, 0.3) is 0 Å². The topological polar surface area (TPSA) is 17.0 Å². The summed E-state index contributed by atoms with van der Waals surface area (Å²) < 4.78 is 3.66. The summed E-state index contributed by atoms with van der Waals surface area (Å²) in [7, 11) is 3.75. The van der Waals surface area contributed by atoms with Gasteiger partial charge < -0.3 is 9.88 Å². The van der Waals surface area contributed by atoms with E-state index < -0.39 is 0 Å². The van der Waals surface area contributed by atoms with Gasteiger partial charge in [0.2, 0.25) is 0 Å². The zero-order valence-corrected chi connectivity index (χ0v) is 14.9. The predicted octanol–water partition coefficient (Wildman–Crippen LogP) is 4.83. The van der Waals surface area contributed by atoms with Gasteiger partial charge >= 0.3 is 0 Å². The molecule has 4 rings (SSSR count).